The Morgan fingerprint density at radius 3 is 2.00 bits per heavy atom. The van der Waals surface area contributed by atoms with Crippen LogP contribution in [0.2, 0.25) is 0 Å². The third-order valence-electron chi connectivity index (χ3n) is 2.79. The van der Waals surface area contributed by atoms with E-state index >= 15 is 0 Å². The van der Waals surface area contributed by atoms with Crippen LogP contribution in [-0.4, -0.2) is 10.2 Å². The number of benzene rings is 2. The summed E-state index contributed by atoms with van der Waals surface area (Å²) in [4.78, 5) is 0. The summed E-state index contributed by atoms with van der Waals surface area (Å²) in [5, 5.41) is 21.5. The minimum atomic E-state index is -0.729. The van der Waals surface area contributed by atoms with E-state index < -0.39 is 17.7 Å². The number of rotatable bonds is 3. The van der Waals surface area contributed by atoms with E-state index in [1.165, 1.54) is 18.2 Å². The van der Waals surface area contributed by atoms with Crippen LogP contribution < -0.4 is 5.32 Å². The average molecular weight is 344 g/mol. The SMILES string of the molecule is CC(Nc1c(F)cc(Br)cc1F)c1cc(O)cc(O)c1. The van der Waals surface area contributed by atoms with Crippen molar-refractivity contribution in [1.82, 2.24) is 0 Å². The molecule has 2 rings (SSSR count). The van der Waals surface area contributed by atoms with Crippen LogP contribution in [0.25, 0.3) is 0 Å². The van der Waals surface area contributed by atoms with Gasteiger partial charge < -0.3 is 15.5 Å². The van der Waals surface area contributed by atoms with E-state index in [1.54, 1.807) is 6.92 Å². The minimum absolute atomic E-state index is 0.120. The molecule has 0 aliphatic heterocycles. The van der Waals surface area contributed by atoms with Crippen LogP contribution in [-0.2, 0) is 0 Å². The molecule has 0 bridgehead atoms. The Bertz CT molecular complexity index is 606. The number of nitrogens with one attached hydrogen (secondary N) is 1. The van der Waals surface area contributed by atoms with Crippen molar-refractivity contribution in [1.29, 1.82) is 0 Å². The molecule has 2 aromatic carbocycles. The monoisotopic (exact) mass is 343 g/mol. The molecule has 1 atom stereocenters. The normalized spacial score (nSPS) is 12.2. The van der Waals surface area contributed by atoms with E-state index in [0.717, 1.165) is 12.1 Å². The molecule has 0 heterocycles. The van der Waals surface area contributed by atoms with Gasteiger partial charge in [0.1, 0.15) is 28.8 Å². The molecule has 3 N–H and O–H groups in total. The summed E-state index contributed by atoms with van der Waals surface area (Å²) in [7, 11) is 0. The molecule has 0 amide bonds. The average Bonchev–Trinajstić information content (AvgIpc) is 2.32. The van der Waals surface area contributed by atoms with E-state index in [2.05, 4.69) is 21.2 Å². The molecule has 0 saturated carbocycles. The largest absolute Gasteiger partial charge is 0.508 e. The van der Waals surface area contributed by atoms with Gasteiger partial charge >= 0.3 is 0 Å². The molecule has 1 unspecified atom stereocenters. The Balaban J connectivity index is 2.30. The van der Waals surface area contributed by atoms with Crippen LogP contribution in [0.5, 0.6) is 11.5 Å². The number of phenolic OH excluding ortho intramolecular Hbond substituents is 2. The van der Waals surface area contributed by atoms with Crippen molar-refractivity contribution >= 4 is 21.6 Å². The van der Waals surface area contributed by atoms with Gasteiger partial charge in [-0.15, -0.1) is 0 Å². The third-order valence-corrected chi connectivity index (χ3v) is 3.25. The highest BCUT2D eigenvalue weighted by molar-refractivity contribution is 9.10. The number of halogens is 3. The molecule has 106 valence electrons. The second kappa shape index (κ2) is 5.66. The molecule has 2 aromatic rings. The van der Waals surface area contributed by atoms with Crippen molar-refractivity contribution in [3.63, 3.8) is 0 Å². The number of phenols is 2. The Hall–Kier alpha value is -1.82. The topological polar surface area (TPSA) is 52.5 Å². The van der Waals surface area contributed by atoms with Gasteiger partial charge in [0.25, 0.3) is 0 Å². The van der Waals surface area contributed by atoms with Crippen LogP contribution in [0, 0.1) is 11.6 Å². The van der Waals surface area contributed by atoms with Gasteiger partial charge in [0, 0.05) is 16.6 Å². The zero-order valence-corrected chi connectivity index (χ0v) is 12.1. The van der Waals surface area contributed by atoms with Gasteiger partial charge in [0.2, 0.25) is 0 Å². The van der Waals surface area contributed by atoms with E-state index in [1.807, 2.05) is 0 Å². The van der Waals surface area contributed by atoms with Crippen LogP contribution in [0.1, 0.15) is 18.5 Å². The standard InChI is InChI=1S/C14H12BrF2NO2/c1-7(8-2-10(19)6-11(20)3-8)18-14-12(16)4-9(15)5-13(14)17/h2-7,18-20H,1H3. The fourth-order valence-corrected chi connectivity index (χ4v) is 2.25. The molecule has 6 heteroatoms. The van der Waals surface area contributed by atoms with E-state index in [-0.39, 0.29) is 17.2 Å². The maximum atomic E-state index is 13.7. The van der Waals surface area contributed by atoms with Crippen LogP contribution in [0.4, 0.5) is 14.5 Å². The highest BCUT2D eigenvalue weighted by Crippen LogP contribution is 2.30. The Morgan fingerprint density at radius 1 is 1.00 bits per heavy atom. The Labute approximate surface area is 123 Å². The molecular weight excluding hydrogens is 332 g/mol. The summed E-state index contributed by atoms with van der Waals surface area (Å²) in [6, 6.07) is 5.80. The lowest BCUT2D eigenvalue weighted by atomic mass is 10.1. The minimum Gasteiger partial charge on any atom is -0.508 e. The number of aromatic hydroxyl groups is 2. The van der Waals surface area contributed by atoms with Gasteiger partial charge in [-0.05, 0) is 36.8 Å². The first kappa shape index (κ1) is 14.6. The maximum absolute atomic E-state index is 13.7. The fourth-order valence-electron chi connectivity index (χ4n) is 1.85. The number of hydrogen-bond donors (Lipinski definition) is 3. The molecule has 0 aliphatic rings. The fraction of sp³-hybridized carbons (Fsp3) is 0.143. The molecule has 3 nitrogen and oxygen atoms in total. The van der Waals surface area contributed by atoms with Crippen LogP contribution in [0.3, 0.4) is 0 Å². The van der Waals surface area contributed by atoms with Gasteiger partial charge in [-0.2, -0.15) is 0 Å². The molecule has 0 aromatic heterocycles. The van der Waals surface area contributed by atoms with Crippen molar-refractivity contribution in [2.24, 2.45) is 0 Å². The predicted octanol–water partition coefficient (Wildman–Crippen LogP) is 4.31. The lowest BCUT2D eigenvalue weighted by molar-refractivity contribution is 0.448. The smallest absolute Gasteiger partial charge is 0.150 e. The van der Waals surface area contributed by atoms with Crippen LogP contribution in [0.15, 0.2) is 34.8 Å². The van der Waals surface area contributed by atoms with Gasteiger partial charge in [0.15, 0.2) is 0 Å². The quantitative estimate of drug-likeness (QED) is 0.778. The van der Waals surface area contributed by atoms with Gasteiger partial charge in [-0.3, -0.25) is 0 Å². The highest BCUT2D eigenvalue weighted by atomic mass is 79.9. The molecule has 0 aliphatic carbocycles. The van der Waals surface area contributed by atoms with Gasteiger partial charge in [-0.25, -0.2) is 8.78 Å². The van der Waals surface area contributed by atoms with Crippen molar-refractivity contribution in [2.75, 3.05) is 5.32 Å². The zero-order chi connectivity index (χ0) is 14.9. The lowest BCUT2D eigenvalue weighted by Gasteiger charge is -2.17. The Kier molecular flexibility index (Phi) is 4.13. The second-order valence-electron chi connectivity index (χ2n) is 4.39. The first-order valence-electron chi connectivity index (χ1n) is 5.81. The van der Waals surface area contributed by atoms with Gasteiger partial charge in [-0.1, -0.05) is 15.9 Å². The van der Waals surface area contributed by atoms with Crippen molar-refractivity contribution < 1.29 is 19.0 Å². The summed E-state index contributed by atoms with van der Waals surface area (Å²) in [6.07, 6.45) is 0. The molecule has 0 saturated heterocycles. The summed E-state index contributed by atoms with van der Waals surface area (Å²) in [5.41, 5.74) is 0.243. The van der Waals surface area contributed by atoms with E-state index in [0.29, 0.717) is 10.0 Å². The summed E-state index contributed by atoms with van der Waals surface area (Å²) >= 11 is 3.00. The molecule has 0 radical (unpaired) electrons. The summed E-state index contributed by atoms with van der Waals surface area (Å²) < 4.78 is 27.7. The lowest BCUT2D eigenvalue weighted by Crippen LogP contribution is -2.09. The van der Waals surface area contributed by atoms with Gasteiger partial charge in [0.05, 0.1) is 0 Å². The van der Waals surface area contributed by atoms with Crippen molar-refractivity contribution in [3.8, 4) is 11.5 Å². The van der Waals surface area contributed by atoms with Crippen LogP contribution >= 0.6 is 15.9 Å². The van der Waals surface area contributed by atoms with E-state index in [4.69, 9.17) is 0 Å². The first-order chi connectivity index (χ1) is 9.36. The second-order valence-corrected chi connectivity index (χ2v) is 5.31. The molecule has 0 spiro atoms. The third kappa shape index (κ3) is 3.19. The van der Waals surface area contributed by atoms with Crippen molar-refractivity contribution in [2.45, 2.75) is 13.0 Å². The first-order valence-corrected chi connectivity index (χ1v) is 6.60. The molecule has 0 fully saturated rings. The summed E-state index contributed by atoms with van der Waals surface area (Å²) in [5.74, 6) is -1.70. The Morgan fingerprint density at radius 2 is 1.50 bits per heavy atom. The van der Waals surface area contributed by atoms with E-state index in [9.17, 15) is 19.0 Å². The number of anilines is 1. The van der Waals surface area contributed by atoms with Crippen molar-refractivity contribution in [3.05, 3.63) is 52.0 Å². The maximum Gasteiger partial charge on any atom is 0.150 e. The highest BCUT2D eigenvalue weighted by Gasteiger charge is 2.15. The predicted molar refractivity (Wildman–Crippen MR) is 75.9 cm³/mol. The number of hydrogen-bond acceptors (Lipinski definition) is 3. The molecule has 20 heavy (non-hydrogen) atoms. The zero-order valence-electron chi connectivity index (χ0n) is 10.5. The molecular formula is C14H12BrF2NO2. The summed E-state index contributed by atoms with van der Waals surface area (Å²) in [6.45, 7) is 1.66.